The number of hydrogen-bond donors (Lipinski definition) is 3. The van der Waals surface area contributed by atoms with Crippen molar-refractivity contribution in [3.63, 3.8) is 0 Å². The minimum Gasteiger partial charge on any atom is -0.506 e. The zero-order valence-electron chi connectivity index (χ0n) is 11.0. The van der Waals surface area contributed by atoms with E-state index in [1.54, 1.807) is 18.2 Å². The molecule has 1 unspecified atom stereocenters. The molecule has 0 aliphatic carbocycles. The highest BCUT2D eigenvalue weighted by atomic mass is 79.9. The molecule has 0 radical (unpaired) electrons. The summed E-state index contributed by atoms with van der Waals surface area (Å²) in [4.78, 5) is 12.5. The molecule has 0 spiro atoms. The van der Waals surface area contributed by atoms with Crippen molar-refractivity contribution in [3.05, 3.63) is 22.7 Å². The predicted octanol–water partition coefficient (Wildman–Crippen LogP) is 2.87. The highest BCUT2D eigenvalue weighted by Gasteiger charge is 2.40. The molecule has 1 amide bonds. The highest BCUT2D eigenvalue weighted by molar-refractivity contribution is 9.10. The third kappa shape index (κ3) is 3.09. The molecule has 3 N–H and O–H groups in total. The van der Waals surface area contributed by atoms with E-state index in [-0.39, 0.29) is 17.1 Å². The second-order valence-corrected chi connectivity index (χ2v) is 5.99. The molecule has 1 aromatic rings. The number of halogens is 1. The van der Waals surface area contributed by atoms with Crippen molar-refractivity contribution in [2.24, 2.45) is 5.41 Å². The minimum atomic E-state index is -0.344. The fraction of sp³-hybridized carbons (Fsp3) is 0.500. The number of phenols is 1. The molecular weight excluding hydrogens is 308 g/mol. The van der Waals surface area contributed by atoms with Crippen molar-refractivity contribution in [3.8, 4) is 5.75 Å². The number of hydrogen-bond acceptors (Lipinski definition) is 3. The van der Waals surface area contributed by atoms with Gasteiger partial charge in [0.25, 0.3) is 0 Å². The lowest BCUT2D eigenvalue weighted by atomic mass is 9.81. The third-order valence-electron chi connectivity index (χ3n) is 3.66. The predicted molar refractivity (Wildman–Crippen MR) is 79.3 cm³/mol. The van der Waals surface area contributed by atoms with Gasteiger partial charge in [0.15, 0.2) is 0 Å². The van der Waals surface area contributed by atoms with Crippen molar-refractivity contribution in [2.45, 2.75) is 26.2 Å². The molecule has 0 saturated carbocycles. The first kappa shape index (κ1) is 14.3. The van der Waals surface area contributed by atoms with Gasteiger partial charge in [0.05, 0.1) is 11.1 Å². The first-order valence-electron chi connectivity index (χ1n) is 6.58. The average molecular weight is 327 g/mol. The van der Waals surface area contributed by atoms with E-state index in [1.165, 1.54) is 0 Å². The number of rotatable bonds is 4. The molecule has 0 aromatic heterocycles. The smallest absolute Gasteiger partial charge is 0.232 e. The molecule has 1 fully saturated rings. The first-order chi connectivity index (χ1) is 9.07. The Morgan fingerprint density at radius 2 is 2.37 bits per heavy atom. The van der Waals surface area contributed by atoms with E-state index < -0.39 is 0 Å². The molecule has 104 valence electrons. The molecule has 1 saturated heterocycles. The Morgan fingerprint density at radius 1 is 1.58 bits per heavy atom. The van der Waals surface area contributed by atoms with Crippen LogP contribution in [0.5, 0.6) is 5.75 Å². The van der Waals surface area contributed by atoms with Gasteiger partial charge in [0.1, 0.15) is 5.75 Å². The van der Waals surface area contributed by atoms with Gasteiger partial charge < -0.3 is 15.7 Å². The number of aromatic hydroxyl groups is 1. The molecule has 1 aromatic carbocycles. The summed E-state index contributed by atoms with van der Waals surface area (Å²) < 4.78 is 0.828. The van der Waals surface area contributed by atoms with Gasteiger partial charge in [-0.3, -0.25) is 4.79 Å². The Labute approximate surface area is 121 Å². The Bertz CT molecular complexity index is 471. The molecule has 19 heavy (non-hydrogen) atoms. The lowest BCUT2D eigenvalue weighted by Gasteiger charge is -2.26. The van der Waals surface area contributed by atoms with Gasteiger partial charge in [-0.25, -0.2) is 0 Å². The van der Waals surface area contributed by atoms with Crippen LogP contribution in [0, 0.1) is 5.41 Å². The second kappa shape index (κ2) is 5.92. The Hall–Kier alpha value is -1.07. The molecule has 1 aliphatic rings. The molecule has 1 aliphatic heterocycles. The zero-order valence-corrected chi connectivity index (χ0v) is 12.6. The van der Waals surface area contributed by atoms with Crippen LogP contribution in [0.2, 0.25) is 0 Å². The number of benzene rings is 1. The topological polar surface area (TPSA) is 61.4 Å². The van der Waals surface area contributed by atoms with Crippen LogP contribution in [-0.2, 0) is 4.79 Å². The van der Waals surface area contributed by atoms with Crippen LogP contribution < -0.4 is 10.6 Å². The number of carbonyl (C=O) groups is 1. The quantitative estimate of drug-likeness (QED) is 0.745. The van der Waals surface area contributed by atoms with Crippen LogP contribution in [0.1, 0.15) is 26.2 Å². The summed E-state index contributed by atoms with van der Waals surface area (Å²) in [7, 11) is 0. The molecule has 1 atom stereocenters. The fourth-order valence-electron chi connectivity index (χ4n) is 2.61. The monoisotopic (exact) mass is 326 g/mol. The van der Waals surface area contributed by atoms with E-state index in [9.17, 15) is 9.90 Å². The largest absolute Gasteiger partial charge is 0.506 e. The van der Waals surface area contributed by atoms with E-state index in [0.717, 1.165) is 30.3 Å². The van der Waals surface area contributed by atoms with Gasteiger partial charge in [-0.15, -0.1) is 0 Å². The molecule has 5 heteroatoms. The maximum atomic E-state index is 12.5. The summed E-state index contributed by atoms with van der Waals surface area (Å²) in [6.45, 7) is 3.67. The lowest BCUT2D eigenvalue weighted by Crippen LogP contribution is -2.38. The van der Waals surface area contributed by atoms with Crippen molar-refractivity contribution < 1.29 is 9.90 Å². The minimum absolute atomic E-state index is 0.00671. The van der Waals surface area contributed by atoms with Gasteiger partial charge in [0, 0.05) is 11.0 Å². The SMILES string of the molecule is CCCC1(C(=O)Nc2cc(Br)ccc2O)CCNC1. The van der Waals surface area contributed by atoms with Crippen LogP contribution in [0.15, 0.2) is 22.7 Å². The van der Waals surface area contributed by atoms with Crippen molar-refractivity contribution >= 4 is 27.5 Å². The number of anilines is 1. The number of carbonyl (C=O) groups excluding carboxylic acids is 1. The van der Waals surface area contributed by atoms with Gasteiger partial charge >= 0.3 is 0 Å². The average Bonchev–Trinajstić information content (AvgIpc) is 2.84. The highest BCUT2D eigenvalue weighted by Crippen LogP contribution is 2.34. The molecule has 4 nitrogen and oxygen atoms in total. The van der Waals surface area contributed by atoms with Crippen LogP contribution in [0.3, 0.4) is 0 Å². The van der Waals surface area contributed by atoms with Gasteiger partial charge in [-0.05, 0) is 37.6 Å². The second-order valence-electron chi connectivity index (χ2n) is 5.07. The van der Waals surface area contributed by atoms with Crippen LogP contribution >= 0.6 is 15.9 Å². The van der Waals surface area contributed by atoms with Gasteiger partial charge in [-0.2, -0.15) is 0 Å². The molecule has 0 bridgehead atoms. The van der Waals surface area contributed by atoms with E-state index in [0.29, 0.717) is 12.2 Å². The summed E-state index contributed by atoms with van der Waals surface area (Å²) in [5, 5.41) is 15.9. The Balaban J connectivity index is 2.17. The normalized spacial score (nSPS) is 22.4. The van der Waals surface area contributed by atoms with Crippen LogP contribution in [0.25, 0.3) is 0 Å². The van der Waals surface area contributed by atoms with Crippen molar-refractivity contribution in [2.75, 3.05) is 18.4 Å². The third-order valence-corrected chi connectivity index (χ3v) is 4.15. The Morgan fingerprint density at radius 3 is 3.00 bits per heavy atom. The summed E-state index contributed by atoms with van der Waals surface area (Å²) in [6.07, 6.45) is 2.68. The molecule has 2 rings (SSSR count). The van der Waals surface area contributed by atoms with Gasteiger partial charge in [0.2, 0.25) is 5.91 Å². The van der Waals surface area contributed by atoms with Crippen molar-refractivity contribution in [1.29, 1.82) is 0 Å². The maximum Gasteiger partial charge on any atom is 0.232 e. The Kier molecular flexibility index (Phi) is 4.47. The summed E-state index contributed by atoms with van der Waals surface area (Å²) in [6, 6.07) is 5.03. The summed E-state index contributed by atoms with van der Waals surface area (Å²) in [5.74, 6) is 0.0851. The van der Waals surface area contributed by atoms with Gasteiger partial charge in [-0.1, -0.05) is 29.3 Å². The number of phenolic OH excluding ortho intramolecular Hbond substituents is 1. The molecule has 1 heterocycles. The van der Waals surface area contributed by atoms with Crippen molar-refractivity contribution in [1.82, 2.24) is 5.32 Å². The number of nitrogens with one attached hydrogen (secondary N) is 2. The maximum absolute atomic E-state index is 12.5. The zero-order chi connectivity index (χ0) is 13.9. The molecular formula is C14H19BrN2O2. The summed E-state index contributed by atoms with van der Waals surface area (Å²) >= 11 is 3.34. The van der Waals surface area contributed by atoms with E-state index in [1.807, 2.05) is 0 Å². The van der Waals surface area contributed by atoms with E-state index in [2.05, 4.69) is 33.5 Å². The first-order valence-corrected chi connectivity index (χ1v) is 7.37. The standard InChI is InChI=1S/C14H19BrN2O2/c1-2-5-14(6-7-16-9-14)13(19)17-11-8-10(15)3-4-12(11)18/h3-4,8,16,18H,2,5-7,9H2,1H3,(H,17,19). The van der Waals surface area contributed by atoms with E-state index in [4.69, 9.17) is 0 Å². The number of amides is 1. The fourth-order valence-corrected chi connectivity index (χ4v) is 2.97. The van der Waals surface area contributed by atoms with E-state index >= 15 is 0 Å². The lowest BCUT2D eigenvalue weighted by molar-refractivity contribution is -0.125. The summed E-state index contributed by atoms with van der Waals surface area (Å²) in [5.41, 5.74) is 0.116. The van der Waals surface area contributed by atoms with Crippen LogP contribution in [-0.4, -0.2) is 24.1 Å². The van der Waals surface area contributed by atoms with Crippen LogP contribution in [0.4, 0.5) is 5.69 Å².